The lowest BCUT2D eigenvalue weighted by molar-refractivity contribution is 0.318. The van der Waals surface area contributed by atoms with Crippen molar-refractivity contribution in [3.05, 3.63) is 58.6 Å². The van der Waals surface area contributed by atoms with E-state index in [2.05, 4.69) is 5.16 Å². The SMILES string of the molecule is NC(=NO)c1ccc(Oc2ccc(F)c(F)c2)cc1Cl. The van der Waals surface area contributed by atoms with Crippen LogP contribution in [0.15, 0.2) is 41.6 Å². The maximum absolute atomic E-state index is 13.0. The Labute approximate surface area is 118 Å². The van der Waals surface area contributed by atoms with Gasteiger partial charge < -0.3 is 15.7 Å². The van der Waals surface area contributed by atoms with Gasteiger partial charge in [-0.15, -0.1) is 0 Å². The Balaban J connectivity index is 2.26. The molecule has 0 bridgehead atoms. The van der Waals surface area contributed by atoms with Crippen molar-refractivity contribution in [1.29, 1.82) is 0 Å². The van der Waals surface area contributed by atoms with Crippen LogP contribution in [-0.4, -0.2) is 11.0 Å². The Kier molecular flexibility index (Phi) is 4.05. The molecule has 0 aliphatic carbocycles. The van der Waals surface area contributed by atoms with E-state index in [0.717, 1.165) is 12.1 Å². The number of oxime groups is 1. The first-order valence-corrected chi connectivity index (χ1v) is 5.79. The van der Waals surface area contributed by atoms with Crippen LogP contribution in [0.2, 0.25) is 5.02 Å². The number of benzene rings is 2. The van der Waals surface area contributed by atoms with Gasteiger partial charge in [0.05, 0.1) is 5.02 Å². The topological polar surface area (TPSA) is 67.8 Å². The van der Waals surface area contributed by atoms with Crippen LogP contribution in [0.3, 0.4) is 0 Å². The van der Waals surface area contributed by atoms with E-state index in [4.69, 9.17) is 27.3 Å². The van der Waals surface area contributed by atoms with E-state index >= 15 is 0 Å². The molecule has 0 saturated heterocycles. The molecule has 0 aliphatic heterocycles. The monoisotopic (exact) mass is 298 g/mol. The predicted octanol–water partition coefficient (Wildman–Crippen LogP) is 3.51. The van der Waals surface area contributed by atoms with Gasteiger partial charge in [0.15, 0.2) is 17.5 Å². The molecule has 0 amide bonds. The molecule has 20 heavy (non-hydrogen) atoms. The Hall–Kier alpha value is -2.34. The lowest BCUT2D eigenvalue weighted by Gasteiger charge is -2.08. The highest BCUT2D eigenvalue weighted by molar-refractivity contribution is 6.34. The quantitative estimate of drug-likeness (QED) is 0.394. The maximum atomic E-state index is 13.0. The van der Waals surface area contributed by atoms with Crippen LogP contribution in [0.25, 0.3) is 0 Å². The fraction of sp³-hybridized carbons (Fsp3) is 0. The molecule has 2 rings (SSSR count). The molecular weight excluding hydrogens is 290 g/mol. The van der Waals surface area contributed by atoms with Crippen molar-refractivity contribution >= 4 is 17.4 Å². The molecule has 0 aliphatic rings. The average Bonchev–Trinajstić information content (AvgIpc) is 2.42. The van der Waals surface area contributed by atoms with Crippen molar-refractivity contribution in [3.63, 3.8) is 0 Å². The average molecular weight is 299 g/mol. The minimum absolute atomic E-state index is 0.122. The van der Waals surface area contributed by atoms with Gasteiger partial charge >= 0.3 is 0 Å². The molecule has 0 atom stereocenters. The fourth-order valence-electron chi connectivity index (χ4n) is 1.50. The van der Waals surface area contributed by atoms with E-state index in [1.807, 2.05) is 0 Å². The maximum Gasteiger partial charge on any atom is 0.171 e. The molecule has 0 radical (unpaired) electrons. The molecule has 4 nitrogen and oxygen atoms in total. The molecule has 2 aromatic rings. The van der Waals surface area contributed by atoms with Crippen molar-refractivity contribution in [3.8, 4) is 11.5 Å². The summed E-state index contributed by atoms with van der Waals surface area (Å²) in [6.07, 6.45) is 0. The Morgan fingerprint density at radius 1 is 1.10 bits per heavy atom. The summed E-state index contributed by atoms with van der Waals surface area (Å²) in [6, 6.07) is 7.55. The molecule has 7 heteroatoms. The van der Waals surface area contributed by atoms with Gasteiger partial charge in [-0.1, -0.05) is 16.8 Å². The first-order chi connectivity index (χ1) is 9.51. The zero-order valence-electron chi connectivity index (χ0n) is 9.98. The second-order valence-corrected chi connectivity index (χ2v) is 4.21. The van der Waals surface area contributed by atoms with E-state index in [9.17, 15) is 8.78 Å². The number of halogens is 3. The third kappa shape index (κ3) is 2.97. The van der Waals surface area contributed by atoms with Gasteiger partial charge in [0.1, 0.15) is 11.5 Å². The van der Waals surface area contributed by atoms with Crippen LogP contribution in [0, 0.1) is 11.6 Å². The molecule has 0 spiro atoms. The van der Waals surface area contributed by atoms with Crippen molar-refractivity contribution in [2.75, 3.05) is 0 Å². The minimum Gasteiger partial charge on any atom is -0.457 e. The minimum atomic E-state index is -1.01. The normalized spacial score (nSPS) is 11.4. The number of hydrogen-bond acceptors (Lipinski definition) is 3. The largest absolute Gasteiger partial charge is 0.457 e. The highest BCUT2D eigenvalue weighted by Crippen LogP contribution is 2.27. The molecule has 0 aromatic heterocycles. The second-order valence-electron chi connectivity index (χ2n) is 3.80. The summed E-state index contributed by atoms with van der Waals surface area (Å²) in [5, 5.41) is 11.6. The third-order valence-electron chi connectivity index (χ3n) is 2.45. The highest BCUT2D eigenvalue weighted by atomic mass is 35.5. The van der Waals surface area contributed by atoms with Crippen molar-refractivity contribution in [2.24, 2.45) is 10.9 Å². The van der Waals surface area contributed by atoms with Crippen LogP contribution < -0.4 is 10.5 Å². The van der Waals surface area contributed by atoms with Crippen LogP contribution in [0.1, 0.15) is 5.56 Å². The molecular formula is C13H9ClF2N2O2. The van der Waals surface area contributed by atoms with E-state index in [0.29, 0.717) is 11.3 Å². The first kappa shape index (κ1) is 14.1. The van der Waals surface area contributed by atoms with Crippen molar-refractivity contribution in [1.82, 2.24) is 0 Å². The zero-order chi connectivity index (χ0) is 14.7. The lowest BCUT2D eigenvalue weighted by atomic mass is 10.2. The van der Waals surface area contributed by atoms with Crippen LogP contribution in [-0.2, 0) is 0 Å². The number of nitrogens with two attached hydrogens (primary N) is 1. The second kappa shape index (κ2) is 5.75. The van der Waals surface area contributed by atoms with Gasteiger partial charge in [-0.2, -0.15) is 0 Å². The summed E-state index contributed by atoms with van der Waals surface area (Å²) in [5.74, 6) is -1.69. The van der Waals surface area contributed by atoms with Crippen LogP contribution in [0.4, 0.5) is 8.78 Å². The van der Waals surface area contributed by atoms with Crippen molar-refractivity contribution < 1.29 is 18.7 Å². The predicted molar refractivity (Wildman–Crippen MR) is 70.4 cm³/mol. The molecule has 0 unspecified atom stereocenters. The van der Waals surface area contributed by atoms with Gasteiger partial charge in [0.25, 0.3) is 0 Å². The molecule has 0 saturated carbocycles. The summed E-state index contributed by atoms with van der Waals surface area (Å²) in [4.78, 5) is 0. The Bertz CT molecular complexity index is 677. The van der Waals surface area contributed by atoms with Gasteiger partial charge in [-0.05, 0) is 24.3 Å². The number of rotatable bonds is 3. The zero-order valence-corrected chi connectivity index (χ0v) is 10.7. The summed E-state index contributed by atoms with van der Waals surface area (Å²) in [7, 11) is 0. The van der Waals surface area contributed by atoms with E-state index in [1.165, 1.54) is 24.3 Å². The lowest BCUT2D eigenvalue weighted by Crippen LogP contribution is -2.13. The molecule has 0 fully saturated rings. The molecule has 3 N–H and O–H groups in total. The third-order valence-corrected chi connectivity index (χ3v) is 2.76. The number of hydrogen-bond donors (Lipinski definition) is 2. The van der Waals surface area contributed by atoms with E-state index < -0.39 is 11.6 Å². The summed E-state index contributed by atoms with van der Waals surface area (Å²) in [5.41, 5.74) is 5.74. The van der Waals surface area contributed by atoms with E-state index in [-0.39, 0.29) is 16.6 Å². The summed E-state index contributed by atoms with van der Waals surface area (Å²) in [6.45, 7) is 0. The fourth-order valence-corrected chi connectivity index (χ4v) is 1.76. The molecule has 104 valence electrons. The number of ether oxygens (including phenoxy) is 1. The Morgan fingerprint density at radius 2 is 1.75 bits per heavy atom. The van der Waals surface area contributed by atoms with E-state index in [1.54, 1.807) is 0 Å². The van der Waals surface area contributed by atoms with Crippen molar-refractivity contribution in [2.45, 2.75) is 0 Å². The Morgan fingerprint density at radius 3 is 2.35 bits per heavy atom. The molecule has 0 heterocycles. The van der Waals surface area contributed by atoms with Gasteiger partial charge in [-0.3, -0.25) is 0 Å². The van der Waals surface area contributed by atoms with Crippen LogP contribution >= 0.6 is 11.6 Å². The number of nitrogens with zero attached hydrogens (tertiary/aromatic N) is 1. The van der Waals surface area contributed by atoms with Gasteiger partial charge in [-0.25, -0.2) is 8.78 Å². The standard InChI is InChI=1S/C13H9ClF2N2O2/c14-10-5-7(1-3-9(10)13(17)18-19)20-8-2-4-11(15)12(16)6-8/h1-6,19H,(H2,17,18). The first-order valence-electron chi connectivity index (χ1n) is 5.41. The smallest absolute Gasteiger partial charge is 0.171 e. The summed E-state index contributed by atoms with van der Waals surface area (Å²) < 4.78 is 31.1. The van der Waals surface area contributed by atoms with Crippen LogP contribution in [0.5, 0.6) is 11.5 Å². The van der Waals surface area contributed by atoms with Gasteiger partial charge in [0, 0.05) is 17.7 Å². The van der Waals surface area contributed by atoms with Gasteiger partial charge in [0.2, 0.25) is 0 Å². The highest BCUT2D eigenvalue weighted by Gasteiger charge is 2.09. The molecule has 2 aromatic carbocycles. The number of amidine groups is 1. The summed E-state index contributed by atoms with van der Waals surface area (Å²) >= 11 is 5.94.